The molecule has 5 heteroatoms. The minimum absolute atomic E-state index is 0.219. The lowest BCUT2D eigenvalue weighted by Crippen LogP contribution is -2.10. The van der Waals surface area contributed by atoms with Gasteiger partial charge in [0.05, 0.1) is 6.61 Å². The summed E-state index contributed by atoms with van der Waals surface area (Å²) >= 11 is 1.64. The lowest BCUT2D eigenvalue weighted by molar-refractivity contribution is -0.144. The zero-order chi connectivity index (χ0) is 19.0. The maximum atomic E-state index is 11.8. The standard InChI is InChI=1S/C21H32O4S/c1-3-4-5-6-7-8-9-17-24-20(22)11-10-12-21(23)25-18-13-15-19(26-2)16-14-18/h13-16H,3-12,17H2,1-2H3. The van der Waals surface area contributed by atoms with Crippen molar-refractivity contribution >= 4 is 23.7 Å². The van der Waals surface area contributed by atoms with Crippen LogP contribution in [0.15, 0.2) is 29.2 Å². The Morgan fingerprint density at radius 1 is 0.846 bits per heavy atom. The molecule has 0 aromatic heterocycles. The lowest BCUT2D eigenvalue weighted by Gasteiger charge is -2.06. The first-order valence-corrected chi connectivity index (χ1v) is 10.9. The van der Waals surface area contributed by atoms with Gasteiger partial charge in [0.15, 0.2) is 0 Å². The van der Waals surface area contributed by atoms with E-state index in [0.717, 1.165) is 17.7 Å². The average molecular weight is 381 g/mol. The summed E-state index contributed by atoms with van der Waals surface area (Å²) in [6.45, 7) is 2.70. The molecular weight excluding hydrogens is 348 g/mol. The largest absolute Gasteiger partial charge is 0.466 e. The van der Waals surface area contributed by atoms with Gasteiger partial charge in [-0.05, 0) is 43.4 Å². The summed E-state index contributed by atoms with van der Waals surface area (Å²) in [6.07, 6.45) is 11.3. The summed E-state index contributed by atoms with van der Waals surface area (Å²) in [5.74, 6) is -0.01000. The van der Waals surface area contributed by atoms with E-state index in [1.165, 1.54) is 32.1 Å². The minimum atomic E-state index is -0.318. The molecule has 0 heterocycles. The van der Waals surface area contributed by atoms with Crippen LogP contribution in [0.1, 0.15) is 71.1 Å². The van der Waals surface area contributed by atoms with E-state index in [2.05, 4.69) is 6.92 Å². The Labute approximate surface area is 162 Å². The fourth-order valence-electron chi connectivity index (χ4n) is 2.52. The fourth-order valence-corrected chi connectivity index (χ4v) is 2.93. The first kappa shape index (κ1) is 22.6. The number of unbranched alkanes of at least 4 members (excludes halogenated alkanes) is 6. The monoisotopic (exact) mass is 380 g/mol. The van der Waals surface area contributed by atoms with Gasteiger partial charge >= 0.3 is 11.9 Å². The van der Waals surface area contributed by atoms with Gasteiger partial charge in [-0.15, -0.1) is 11.8 Å². The molecule has 146 valence electrons. The Hall–Kier alpha value is -1.49. The van der Waals surface area contributed by atoms with Gasteiger partial charge in [-0.2, -0.15) is 0 Å². The second-order valence-electron chi connectivity index (χ2n) is 6.34. The molecule has 0 saturated carbocycles. The van der Waals surface area contributed by atoms with Crippen LogP contribution in [0.4, 0.5) is 0 Å². The molecule has 0 fully saturated rings. The molecule has 0 unspecified atom stereocenters. The quantitative estimate of drug-likeness (QED) is 0.177. The second kappa shape index (κ2) is 14.7. The third-order valence-electron chi connectivity index (χ3n) is 4.06. The molecule has 0 radical (unpaired) electrons. The Morgan fingerprint density at radius 3 is 2.12 bits per heavy atom. The topological polar surface area (TPSA) is 52.6 Å². The summed E-state index contributed by atoms with van der Waals surface area (Å²) < 4.78 is 10.5. The average Bonchev–Trinajstić information content (AvgIpc) is 2.64. The van der Waals surface area contributed by atoms with Crippen molar-refractivity contribution in [2.24, 2.45) is 0 Å². The molecular formula is C21H32O4S. The number of carbonyl (C=O) groups is 2. The predicted molar refractivity (Wildman–Crippen MR) is 107 cm³/mol. The van der Waals surface area contributed by atoms with Gasteiger partial charge in [0, 0.05) is 17.7 Å². The van der Waals surface area contributed by atoms with Crippen molar-refractivity contribution in [2.75, 3.05) is 12.9 Å². The van der Waals surface area contributed by atoms with E-state index < -0.39 is 0 Å². The number of ether oxygens (including phenoxy) is 2. The first-order chi connectivity index (χ1) is 12.7. The van der Waals surface area contributed by atoms with E-state index in [1.807, 2.05) is 18.4 Å². The summed E-state index contributed by atoms with van der Waals surface area (Å²) in [6, 6.07) is 7.38. The van der Waals surface area contributed by atoms with Gasteiger partial charge in [0.1, 0.15) is 5.75 Å². The third kappa shape index (κ3) is 11.2. The second-order valence-corrected chi connectivity index (χ2v) is 7.22. The highest BCUT2D eigenvalue weighted by molar-refractivity contribution is 7.98. The maximum absolute atomic E-state index is 11.8. The van der Waals surface area contributed by atoms with Crippen LogP contribution in [0, 0.1) is 0 Å². The summed E-state index contributed by atoms with van der Waals surface area (Å²) in [5.41, 5.74) is 0. The van der Waals surface area contributed by atoms with Crippen LogP contribution in [-0.2, 0) is 14.3 Å². The lowest BCUT2D eigenvalue weighted by atomic mass is 10.1. The van der Waals surface area contributed by atoms with Crippen LogP contribution in [0.3, 0.4) is 0 Å². The molecule has 0 aliphatic heterocycles. The van der Waals surface area contributed by atoms with Crippen LogP contribution in [0.5, 0.6) is 5.75 Å². The van der Waals surface area contributed by atoms with E-state index >= 15 is 0 Å². The highest BCUT2D eigenvalue weighted by atomic mass is 32.2. The highest BCUT2D eigenvalue weighted by Crippen LogP contribution is 2.19. The molecule has 0 bridgehead atoms. The smallest absolute Gasteiger partial charge is 0.311 e. The van der Waals surface area contributed by atoms with Crippen molar-refractivity contribution < 1.29 is 19.1 Å². The maximum Gasteiger partial charge on any atom is 0.311 e. The van der Waals surface area contributed by atoms with Crippen molar-refractivity contribution in [1.29, 1.82) is 0 Å². The van der Waals surface area contributed by atoms with E-state index in [9.17, 15) is 9.59 Å². The number of rotatable bonds is 14. The Bertz CT molecular complexity index is 513. The Kier molecular flexibility index (Phi) is 12.7. The SMILES string of the molecule is CCCCCCCCCOC(=O)CCCC(=O)Oc1ccc(SC)cc1. The van der Waals surface area contributed by atoms with Crippen molar-refractivity contribution in [3.63, 3.8) is 0 Å². The van der Waals surface area contributed by atoms with Crippen molar-refractivity contribution in [3.8, 4) is 5.75 Å². The molecule has 1 aromatic carbocycles. The van der Waals surface area contributed by atoms with Gasteiger partial charge < -0.3 is 9.47 Å². The Balaban J connectivity index is 2.01. The highest BCUT2D eigenvalue weighted by Gasteiger charge is 2.08. The molecule has 0 saturated heterocycles. The van der Waals surface area contributed by atoms with Crippen LogP contribution in [0.2, 0.25) is 0 Å². The van der Waals surface area contributed by atoms with Gasteiger partial charge in [-0.1, -0.05) is 45.4 Å². The van der Waals surface area contributed by atoms with Gasteiger partial charge in [-0.3, -0.25) is 9.59 Å². The summed E-state index contributed by atoms with van der Waals surface area (Å²) in [4.78, 5) is 24.5. The molecule has 0 atom stereocenters. The molecule has 1 rings (SSSR count). The van der Waals surface area contributed by atoms with Crippen LogP contribution in [0.25, 0.3) is 0 Å². The fraction of sp³-hybridized carbons (Fsp3) is 0.619. The summed E-state index contributed by atoms with van der Waals surface area (Å²) in [7, 11) is 0. The van der Waals surface area contributed by atoms with Gasteiger partial charge in [0.2, 0.25) is 0 Å². The van der Waals surface area contributed by atoms with E-state index in [-0.39, 0.29) is 24.8 Å². The minimum Gasteiger partial charge on any atom is -0.466 e. The number of benzene rings is 1. The molecule has 0 aliphatic rings. The molecule has 26 heavy (non-hydrogen) atoms. The predicted octanol–water partition coefficient (Wildman–Crippen LogP) is 5.78. The molecule has 0 N–H and O–H groups in total. The summed E-state index contributed by atoms with van der Waals surface area (Å²) in [5, 5.41) is 0. The molecule has 1 aromatic rings. The van der Waals surface area contributed by atoms with Crippen LogP contribution < -0.4 is 4.74 Å². The number of esters is 2. The number of hydrogen-bond donors (Lipinski definition) is 0. The number of thioether (sulfide) groups is 1. The molecule has 0 spiro atoms. The van der Waals surface area contributed by atoms with Crippen LogP contribution in [-0.4, -0.2) is 24.8 Å². The number of carbonyl (C=O) groups excluding carboxylic acids is 2. The van der Waals surface area contributed by atoms with E-state index in [0.29, 0.717) is 18.8 Å². The molecule has 0 aliphatic carbocycles. The van der Waals surface area contributed by atoms with Crippen LogP contribution >= 0.6 is 11.8 Å². The normalized spacial score (nSPS) is 10.5. The van der Waals surface area contributed by atoms with Crippen molar-refractivity contribution in [1.82, 2.24) is 0 Å². The Morgan fingerprint density at radius 2 is 1.46 bits per heavy atom. The van der Waals surface area contributed by atoms with Crippen molar-refractivity contribution in [2.45, 2.75) is 76.0 Å². The van der Waals surface area contributed by atoms with E-state index in [4.69, 9.17) is 9.47 Å². The zero-order valence-corrected chi connectivity index (χ0v) is 16.9. The van der Waals surface area contributed by atoms with Gasteiger partial charge in [-0.25, -0.2) is 0 Å². The number of hydrogen-bond acceptors (Lipinski definition) is 5. The van der Waals surface area contributed by atoms with E-state index in [1.54, 1.807) is 23.9 Å². The molecule has 4 nitrogen and oxygen atoms in total. The third-order valence-corrected chi connectivity index (χ3v) is 4.81. The first-order valence-electron chi connectivity index (χ1n) is 9.66. The molecule has 0 amide bonds. The van der Waals surface area contributed by atoms with Crippen molar-refractivity contribution in [3.05, 3.63) is 24.3 Å². The van der Waals surface area contributed by atoms with Gasteiger partial charge in [0.25, 0.3) is 0 Å². The zero-order valence-electron chi connectivity index (χ0n) is 16.1.